The fourth-order valence-electron chi connectivity index (χ4n) is 4.22. The average Bonchev–Trinajstić information content (AvgIpc) is 3.16. The second-order valence-electron chi connectivity index (χ2n) is 9.35. The Morgan fingerprint density at radius 3 is 2.75 bits per heavy atom. The Kier molecular flexibility index (Phi) is 7.27. The molecule has 0 unspecified atom stereocenters. The van der Waals surface area contributed by atoms with E-state index in [1.807, 2.05) is 12.1 Å². The Morgan fingerprint density at radius 2 is 2.00 bits per heavy atom. The van der Waals surface area contributed by atoms with Crippen molar-refractivity contribution in [2.24, 2.45) is 0 Å². The summed E-state index contributed by atoms with van der Waals surface area (Å²) in [4.78, 5) is 14.2. The van der Waals surface area contributed by atoms with Gasteiger partial charge in [-0.05, 0) is 52.0 Å². The molecule has 0 amide bonds. The molecule has 2 aliphatic rings. The highest BCUT2D eigenvalue weighted by molar-refractivity contribution is 7.19. The van der Waals surface area contributed by atoms with Gasteiger partial charge >= 0.3 is 0 Å². The summed E-state index contributed by atoms with van der Waals surface area (Å²) >= 11 is 1.59. The predicted molar refractivity (Wildman–Crippen MR) is 133 cm³/mol. The van der Waals surface area contributed by atoms with Crippen molar-refractivity contribution >= 4 is 39.3 Å². The molecule has 1 saturated carbocycles. The Hall–Kier alpha value is -2.23. The monoisotopic (exact) mass is 457 g/mol. The molecule has 0 saturated heterocycles. The van der Waals surface area contributed by atoms with Gasteiger partial charge in [0.15, 0.2) is 5.13 Å². The van der Waals surface area contributed by atoms with Crippen LogP contribution >= 0.6 is 11.3 Å². The molecule has 0 atom stereocenters. The van der Waals surface area contributed by atoms with Crippen LogP contribution in [0.3, 0.4) is 0 Å². The molecule has 2 aromatic heterocycles. The lowest BCUT2D eigenvalue weighted by molar-refractivity contribution is 0.126. The molecule has 0 aromatic carbocycles. The zero-order valence-corrected chi connectivity index (χ0v) is 20.1. The van der Waals surface area contributed by atoms with E-state index in [1.165, 1.54) is 0 Å². The van der Waals surface area contributed by atoms with Crippen LogP contribution in [0.5, 0.6) is 0 Å². The van der Waals surface area contributed by atoms with Crippen LogP contribution in [0.2, 0.25) is 0 Å². The van der Waals surface area contributed by atoms with E-state index in [0.717, 1.165) is 72.4 Å². The fraction of sp³-hybridized carbons (Fsp3) is 0.609. The summed E-state index contributed by atoms with van der Waals surface area (Å²) < 4.78 is 0. The SMILES string of the molecule is CCCC(C)(C)NCc1cc(Nc2nc3c(s2)NCC=C3)nc(NC2CCC(O)CC2)n1. The Morgan fingerprint density at radius 1 is 1.19 bits per heavy atom. The largest absolute Gasteiger partial charge is 0.393 e. The number of aliphatic hydroxyl groups excluding tert-OH is 1. The summed E-state index contributed by atoms with van der Waals surface area (Å²) in [5, 5.41) is 25.6. The maximum absolute atomic E-state index is 9.81. The smallest absolute Gasteiger partial charge is 0.225 e. The minimum atomic E-state index is -0.180. The second-order valence-corrected chi connectivity index (χ2v) is 10.3. The molecule has 1 aliphatic carbocycles. The summed E-state index contributed by atoms with van der Waals surface area (Å²) in [7, 11) is 0. The van der Waals surface area contributed by atoms with Crippen molar-refractivity contribution in [2.75, 3.05) is 22.5 Å². The van der Waals surface area contributed by atoms with Crippen LogP contribution < -0.4 is 21.3 Å². The number of nitrogens with one attached hydrogen (secondary N) is 4. The van der Waals surface area contributed by atoms with Crippen LogP contribution in [0.1, 0.15) is 70.7 Å². The van der Waals surface area contributed by atoms with E-state index < -0.39 is 0 Å². The van der Waals surface area contributed by atoms with Gasteiger partial charge in [-0.15, -0.1) is 0 Å². The van der Waals surface area contributed by atoms with Crippen molar-refractivity contribution in [3.8, 4) is 0 Å². The van der Waals surface area contributed by atoms with Crippen molar-refractivity contribution in [1.82, 2.24) is 20.3 Å². The first-order valence-electron chi connectivity index (χ1n) is 11.7. The summed E-state index contributed by atoms with van der Waals surface area (Å²) in [5.74, 6) is 1.36. The van der Waals surface area contributed by atoms with Crippen LogP contribution in [-0.2, 0) is 6.54 Å². The van der Waals surface area contributed by atoms with E-state index in [2.05, 4.69) is 53.1 Å². The van der Waals surface area contributed by atoms with Gasteiger partial charge in [0, 0.05) is 30.7 Å². The van der Waals surface area contributed by atoms with Gasteiger partial charge < -0.3 is 26.4 Å². The molecule has 32 heavy (non-hydrogen) atoms. The molecule has 3 heterocycles. The summed E-state index contributed by atoms with van der Waals surface area (Å²) in [6, 6.07) is 2.28. The number of aromatic nitrogens is 3. The first kappa shape index (κ1) is 22.9. The van der Waals surface area contributed by atoms with Crippen LogP contribution in [0.15, 0.2) is 12.1 Å². The zero-order chi connectivity index (χ0) is 22.6. The van der Waals surface area contributed by atoms with E-state index in [-0.39, 0.29) is 17.7 Å². The molecule has 8 nitrogen and oxygen atoms in total. The second kappa shape index (κ2) is 10.1. The molecule has 4 rings (SSSR count). The normalized spacial score (nSPS) is 20.5. The summed E-state index contributed by atoms with van der Waals surface area (Å²) in [6.07, 6.45) is 9.66. The van der Waals surface area contributed by atoms with Gasteiger partial charge in [0.05, 0.1) is 17.5 Å². The number of fused-ring (bicyclic) bond motifs is 1. The lowest BCUT2D eigenvalue weighted by Gasteiger charge is -2.27. The molecule has 0 spiro atoms. The zero-order valence-electron chi connectivity index (χ0n) is 19.2. The number of nitrogens with zero attached hydrogens (tertiary/aromatic N) is 3. The van der Waals surface area contributed by atoms with E-state index in [4.69, 9.17) is 9.97 Å². The number of hydrogen-bond donors (Lipinski definition) is 5. The van der Waals surface area contributed by atoms with Crippen molar-refractivity contribution in [1.29, 1.82) is 0 Å². The first-order chi connectivity index (χ1) is 15.4. The van der Waals surface area contributed by atoms with Gasteiger partial charge in [-0.2, -0.15) is 4.98 Å². The Bertz CT molecular complexity index is 934. The molecule has 2 aromatic rings. The minimum absolute atomic E-state index is 0.0484. The third-order valence-electron chi connectivity index (χ3n) is 5.98. The number of thiazole rings is 1. The minimum Gasteiger partial charge on any atom is -0.393 e. The van der Waals surface area contributed by atoms with Gasteiger partial charge in [0.2, 0.25) is 5.95 Å². The molecule has 1 aliphatic heterocycles. The van der Waals surface area contributed by atoms with Gasteiger partial charge in [0.25, 0.3) is 0 Å². The topological polar surface area (TPSA) is 107 Å². The van der Waals surface area contributed by atoms with Gasteiger partial charge in [0.1, 0.15) is 10.8 Å². The van der Waals surface area contributed by atoms with E-state index >= 15 is 0 Å². The standard InChI is InChI=1S/C23H35N7OS/c1-4-11-23(2,3)25-14-16-13-19(30-22-28-18-6-5-12-24-20(18)32-22)29-21(27-16)26-15-7-9-17(31)10-8-15/h5-6,13,15,17,24-25,31H,4,7-12,14H2,1-3H3,(H2,26,27,28,29,30). The van der Waals surface area contributed by atoms with Crippen LogP contribution in [0.25, 0.3) is 6.08 Å². The highest BCUT2D eigenvalue weighted by Gasteiger charge is 2.21. The Labute approximate surface area is 194 Å². The van der Waals surface area contributed by atoms with Crippen molar-refractivity contribution < 1.29 is 5.11 Å². The molecule has 1 fully saturated rings. The van der Waals surface area contributed by atoms with Crippen molar-refractivity contribution in [2.45, 2.75) is 83.5 Å². The maximum Gasteiger partial charge on any atom is 0.225 e. The average molecular weight is 458 g/mol. The number of aliphatic hydroxyl groups is 1. The molecular formula is C23H35N7OS. The predicted octanol–water partition coefficient (Wildman–Crippen LogP) is 4.50. The third kappa shape index (κ3) is 6.17. The van der Waals surface area contributed by atoms with Gasteiger partial charge in [-0.3, -0.25) is 0 Å². The molecule has 9 heteroatoms. The highest BCUT2D eigenvalue weighted by atomic mass is 32.1. The number of rotatable bonds is 9. The molecule has 5 N–H and O–H groups in total. The first-order valence-corrected chi connectivity index (χ1v) is 12.5. The molecule has 174 valence electrons. The van der Waals surface area contributed by atoms with Crippen LogP contribution in [0, 0.1) is 0 Å². The van der Waals surface area contributed by atoms with E-state index in [9.17, 15) is 5.11 Å². The fourth-order valence-corrected chi connectivity index (χ4v) is 5.09. The lowest BCUT2D eigenvalue weighted by Crippen LogP contribution is -2.38. The summed E-state index contributed by atoms with van der Waals surface area (Å²) in [6.45, 7) is 8.15. The molecule has 0 radical (unpaired) electrons. The number of hydrogen-bond acceptors (Lipinski definition) is 9. The van der Waals surface area contributed by atoms with Gasteiger partial charge in [-0.25, -0.2) is 9.97 Å². The van der Waals surface area contributed by atoms with Crippen molar-refractivity contribution in [3.63, 3.8) is 0 Å². The molecular weight excluding hydrogens is 422 g/mol. The van der Waals surface area contributed by atoms with Gasteiger partial charge in [-0.1, -0.05) is 30.8 Å². The summed E-state index contributed by atoms with van der Waals surface area (Å²) in [5.41, 5.74) is 1.94. The lowest BCUT2D eigenvalue weighted by atomic mass is 9.93. The van der Waals surface area contributed by atoms with Crippen LogP contribution in [0.4, 0.5) is 21.9 Å². The Balaban J connectivity index is 1.52. The molecule has 0 bridgehead atoms. The van der Waals surface area contributed by atoms with Crippen molar-refractivity contribution in [3.05, 3.63) is 23.5 Å². The third-order valence-corrected chi connectivity index (χ3v) is 6.92. The number of anilines is 4. The highest BCUT2D eigenvalue weighted by Crippen LogP contribution is 2.33. The quantitative estimate of drug-likeness (QED) is 0.375. The van der Waals surface area contributed by atoms with E-state index in [1.54, 1.807) is 11.3 Å². The van der Waals surface area contributed by atoms with Crippen LogP contribution in [-0.4, -0.2) is 44.3 Å². The maximum atomic E-state index is 9.81. The van der Waals surface area contributed by atoms with E-state index in [0.29, 0.717) is 12.5 Å².